The Labute approximate surface area is 264 Å². The summed E-state index contributed by atoms with van der Waals surface area (Å²) in [6.45, 7) is 3.31. The molecule has 5 aromatic heterocycles. The quantitative estimate of drug-likeness (QED) is 0.170. The van der Waals surface area contributed by atoms with Gasteiger partial charge in [0.15, 0.2) is 0 Å². The van der Waals surface area contributed by atoms with Gasteiger partial charge in [-0.1, -0.05) is 43.9 Å². The van der Waals surface area contributed by atoms with E-state index in [1.165, 1.54) is 17.4 Å². The van der Waals surface area contributed by atoms with Gasteiger partial charge in [-0.3, -0.25) is 0 Å². The standard InChI is InChI=1S/C24H21N2OS.C11H8N.Ir/c1-14-8-9-17-16-6-5-7-18(22(16)27-23(17)26-14)21-20-15(12-24(2,3)4)13-28-19(20)10-11-25-21;1-2-6-10(7-3-1)11-8-4-5-9-12-11;/h5-6,8-11,13H,12H2,1-4H3;1-6,8-9H;/q2*-1;/i1D3,12D2;;. The minimum atomic E-state index is -2.33. The van der Waals surface area contributed by atoms with Crippen molar-refractivity contribution in [1.82, 2.24) is 15.0 Å². The number of rotatable bonds is 3. The molecule has 6 heteroatoms. The first-order chi connectivity index (χ1) is 21.4. The van der Waals surface area contributed by atoms with Crippen molar-refractivity contribution < 1.29 is 31.4 Å². The van der Waals surface area contributed by atoms with E-state index >= 15 is 0 Å². The smallest absolute Gasteiger partial charge is 0.216 e. The maximum atomic E-state index is 8.86. The molecule has 207 valence electrons. The molecule has 0 aliphatic rings. The van der Waals surface area contributed by atoms with Crippen molar-refractivity contribution in [3.63, 3.8) is 0 Å². The van der Waals surface area contributed by atoms with Gasteiger partial charge in [-0.2, -0.15) is 0 Å². The fourth-order valence-electron chi connectivity index (χ4n) is 4.54. The number of thiophene rings is 1. The van der Waals surface area contributed by atoms with Gasteiger partial charge in [0, 0.05) is 60.8 Å². The Morgan fingerprint density at radius 3 is 2.56 bits per heavy atom. The predicted molar refractivity (Wildman–Crippen MR) is 165 cm³/mol. The maximum absolute atomic E-state index is 8.86. The first kappa shape index (κ1) is 22.9. The summed E-state index contributed by atoms with van der Waals surface area (Å²) >= 11 is 1.48. The molecule has 0 bridgehead atoms. The molecule has 0 fully saturated rings. The normalized spacial score (nSPS) is 13.8. The van der Waals surface area contributed by atoms with Gasteiger partial charge >= 0.3 is 0 Å². The summed E-state index contributed by atoms with van der Waals surface area (Å²) < 4.78 is 47.6. The monoisotopic (exact) mass is 737 g/mol. The first-order valence-electron chi connectivity index (χ1n) is 15.4. The molecule has 41 heavy (non-hydrogen) atoms. The van der Waals surface area contributed by atoms with Gasteiger partial charge in [0.25, 0.3) is 0 Å². The van der Waals surface area contributed by atoms with Crippen LogP contribution in [0.3, 0.4) is 0 Å². The molecule has 4 nitrogen and oxygen atoms in total. The SMILES string of the molecule is [2H]C([2H])([2H])c1ccc2c(n1)oc1c(-c3nccc4scc(C([2H])([2H])C(C)(C)C)c34)[c-]ccc12.[Ir].[c-]1ccccc1-c1ccccn1. The van der Waals surface area contributed by atoms with E-state index in [1.54, 1.807) is 24.5 Å². The molecule has 0 N–H and O–H groups in total. The van der Waals surface area contributed by atoms with Crippen molar-refractivity contribution in [2.45, 2.75) is 34.0 Å². The van der Waals surface area contributed by atoms with Crippen LogP contribution in [0.2, 0.25) is 0 Å². The summed E-state index contributed by atoms with van der Waals surface area (Å²) in [5.41, 5.74) is 3.85. The number of fused-ring (bicyclic) bond motifs is 4. The Hall–Kier alpha value is -3.70. The molecule has 0 atom stereocenters. The molecule has 5 heterocycles. The van der Waals surface area contributed by atoms with E-state index in [9.17, 15) is 0 Å². The van der Waals surface area contributed by atoms with Crippen molar-refractivity contribution in [1.29, 1.82) is 0 Å². The average Bonchev–Trinajstić information content (AvgIpc) is 3.63. The van der Waals surface area contributed by atoms with Gasteiger partial charge in [-0.25, -0.2) is 4.98 Å². The number of nitrogens with zero attached hydrogens (tertiary/aromatic N) is 3. The number of furan rings is 1. The van der Waals surface area contributed by atoms with E-state index in [0.29, 0.717) is 27.8 Å². The Balaban J connectivity index is 0.000000269. The van der Waals surface area contributed by atoms with E-state index < -0.39 is 18.6 Å². The first-order valence-corrected chi connectivity index (χ1v) is 13.7. The average molecular weight is 737 g/mol. The molecule has 1 radical (unpaired) electrons. The molecule has 0 spiro atoms. The topological polar surface area (TPSA) is 51.8 Å². The van der Waals surface area contributed by atoms with Gasteiger partial charge in [-0.05, 0) is 64.9 Å². The van der Waals surface area contributed by atoms with Crippen molar-refractivity contribution >= 4 is 43.5 Å². The number of aromatic nitrogens is 3. The summed E-state index contributed by atoms with van der Waals surface area (Å²) in [5.74, 6) is 0. The molecule has 0 aliphatic heterocycles. The van der Waals surface area contributed by atoms with Crippen LogP contribution in [0.5, 0.6) is 0 Å². The van der Waals surface area contributed by atoms with Crippen LogP contribution >= 0.6 is 11.3 Å². The number of aryl methyl sites for hydroxylation is 1. The Morgan fingerprint density at radius 1 is 0.927 bits per heavy atom. The third-order valence-corrected chi connectivity index (χ3v) is 7.13. The van der Waals surface area contributed by atoms with Crippen LogP contribution < -0.4 is 0 Å². The second kappa shape index (κ2) is 12.0. The third-order valence-electron chi connectivity index (χ3n) is 6.18. The zero-order chi connectivity index (χ0) is 32.0. The van der Waals surface area contributed by atoms with E-state index in [2.05, 4.69) is 27.1 Å². The van der Waals surface area contributed by atoms with E-state index in [-0.39, 0.29) is 31.5 Å². The van der Waals surface area contributed by atoms with Gasteiger partial charge in [0.05, 0.1) is 5.58 Å². The van der Waals surface area contributed by atoms with Gasteiger partial charge in [0.1, 0.15) is 0 Å². The molecule has 2 aromatic carbocycles. The number of hydrogen-bond acceptors (Lipinski definition) is 5. The minimum absolute atomic E-state index is 0. The zero-order valence-electron chi connectivity index (χ0n) is 27.7. The van der Waals surface area contributed by atoms with Crippen LogP contribution in [0.4, 0.5) is 0 Å². The second-order valence-corrected chi connectivity index (χ2v) is 11.2. The second-order valence-electron chi connectivity index (χ2n) is 10.3. The van der Waals surface area contributed by atoms with Crippen molar-refractivity contribution in [3.05, 3.63) is 114 Å². The van der Waals surface area contributed by atoms with Crippen molar-refractivity contribution in [3.8, 4) is 22.5 Å². The molecule has 7 rings (SSSR count). The maximum Gasteiger partial charge on any atom is 0.216 e. The molecule has 0 saturated heterocycles. The number of hydrogen-bond donors (Lipinski definition) is 0. The largest absolute Gasteiger partial charge is 0.486 e. The van der Waals surface area contributed by atoms with Crippen LogP contribution in [-0.2, 0) is 26.5 Å². The Morgan fingerprint density at radius 2 is 1.80 bits per heavy atom. The summed E-state index contributed by atoms with van der Waals surface area (Å²) in [7, 11) is 0. The van der Waals surface area contributed by atoms with Gasteiger partial charge in [0.2, 0.25) is 5.71 Å². The minimum Gasteiger partial charge on any atom is -0.486 e. The predicted octanol–water partition coefficient (Wildman–Crippen LogP) is 9.50. The van der Waals surface area contributed by atoms with Crippen molar-refractivity contribution in [2.24, 2.45) is 5.41 Å². The van der Waals surface area contributed by atoms with Crippen LogP contribution in [-0.4, -0.2) is 15.0 Å². The third kappa shape index (κ3) is 6.15. The molecular formula is C35H29IrN3OS-2. The van der Waals surface area contributed by atoms with Gasteiger partial charge < -0.3 is 14.4 Å². The van der Waals surface area contributed by atoms with Crippen LogP contribution in [0.1, 0.15) is 38.9 Å². The summed E-state index contributed by atoms with van der Waals surface area (Å²) in [5, 5.41) is 4.08. The van der Waals surface area contributed by atoms with Crippen LogP contribution in [0.15, 0.2) is 95.0 Å². The molecule has 0 aliphatic carbocycles. The number of benzene rings is 2. The zero-order valence-corrected chi connectivity index (χ0v) is 25.9. The van der Waals surface area contributed by atoms with Crippen LogP contribution in [0, 0.1) is 24.4 Å². The molecule has 0 saturated carbocycles. The molecule has 0 amide bonds. The molecule has 7 aromatic rings. The van der Waals surface area contributed by atoms with E-state index in [4.69, 9.17) is 11.3 Å². The van der Waals surface area contributed by atoms with Crippen molar-refractivity contribution in [2.75, 3.05) is 0 Å². The Bertz CT molecular complexity index is 2080. The number of pyridine rings is 3. The van der Waals surface area contributed by atoms with E-state index in [0.717, 1.165) is 26.7 Å². The van der Waals surface area contributed by atoms with Gasteiger partial charge in [-0.15, -0.1) is 65.4 Å². The molecule has 0 unspecified atom stereocenters. The summed E-state index contributed by atoms with van der Waals surface area (Å²) in [6, 6.07) is 28.8. The van der Waals surface area contributed by atoms with Crippen LogP contribution in [0.25, 0.3) is 54.7 Å². The fourth-order valence-corrected chi connectivity index (χ4v) is 5.43. The fraction of sp³-hybridized carbons (Fsp3) is 0.171. The Kier molecular flexibility index (Phi) is 6.73. The molecular weight excluding hydrogens is 703 g/mol. The van der Waals surface area contributed by atoms with E-state index in [1.807, 2.05) is 80.7 Å². The summed E-state index contributed by atoms with van der Waals surface area (Å²) in [4.78, 5) is 13.1. The summed E-state index contributed by atoms with van der Waals surface area (Å²) in [6.07, 6.45) is 1.89.